The number of fused-ring (bicyclic) bond motifs is 2. The molecule has 7 nitrogen and oxygen atoms in total. The molecule has 32 heavy (non-hydrogen) atoms. The fourth-order valence-corrected chi connectivity index (χ4v) is 3.80. The van der Waals surface area contributed by atoms with Crippen LogP contribution >= 0.6 is 11.6 Å². The van der Waals surface area contributed by atoms with Gasteiger partial charge < -0.3 is 4.57 Å². The van der Waals surface area contributed by atoms with Crippen molar-refractivity contribution in [3.8, 4) is 6.07 Å². The number of carbonyl (C=O) groups excluding carboxylic acids is 1. The average Bonchev–Trinajstić information content (AvgIpc) is 2.76. The van der Waals surface area contributed by atoms with Crippen molar-refractivity contribution in [2.24, 2.45) is 10.9 Å². The van der Waals surface area contributed by atoms with Gasteiger partial charge in [-0.15, -0.1) is 0 Å². The smallest absolute Gasteiger partial charge is 0.279 e. The largest absolute Gasteiger partial charge is 0.309 e. The standard InChI is InChI=1S/C24H20ClN5O2/c1-14(2)13-30-21(28-23(31)16-7-4-8-18(25)10-16)17(12-26)11-19-22(30)27-20-15(3)6-5-9-29(20)24(19)32/h4-11,14H,13H2,1-3H3. The van der Waals surface area contributed by atoms with Crippen molar-refractivity contribution in [2.45, 2.75) is 27.3 Å². The molecule has 0 aliphatic heterocycles. The van der Waals surface area contributed by atoms with E-state index in [1.165, 1.54) is 16.5 Å². The van der Waals surface area contributed by atoms with Crippen molar-refractivity contribution in [3.63, 3.8) is 0 Å². The van der Waals surface area contributed by atoms with Crippen molar-refractivity contribution in [2.75, 3.05) is 0 Å². The summed E-state index contributed by atoms with van der Waals surface area (Å²) in [5.74, 6) is -0.390. The maximum Gasteiger partial charge on any atom is 0.279 e. The molecule has 0 aliphatic carbocycles. The van der Waals surface area contributed by atoms with Crippen LogP contribution in [-0.2, 0) is 6.54 Å². The highest BCUT2D eigenvalue weighted by Crippen LogP contribution is 2.15. The monoisotopic (exact) mass is 445 g/mol. The molecule has 1 amide bonds. The molecule has 0 spiro atoms. The Morgan fingerprint density at radius 1 is 1.22 bits per heavy atom. The summed E-state index contributed by atoms with van der Waals surface area (Å²) in [7, 11) is 0. The van der Waals surface area contributed by atoms with Crippen LogP contribution in [0.15, 0.2) is 58.4 Å². The van der Waals surface area contributed by atoms with E-state index in [1.54, 1.807) is 35.0 Å². The molecule has 0 atom stereocenters. The van der Waals surface area contributed by atoms with Gasteiger partial charge in [0.2, 0.25) is 0 Å². The SMILES string of the molecule is Cc1cccn2c(=O)c3cc(C#N)c(=NC(=O)c4cccc(Cl)c4)n(CC(C)C)c3nc12. The van der Waals surface area contributed by atoms with Crippen LogP contribution in [0, 0.1) is 24.2 Å². The number of benzene rings is 1. The molecule has 0 unspecified atom stereocenters. The first-order valence-electron chi connectivity index (χ1n) is 10.1. The summed E-state index contributed by atoms with van der Waals surface area (Å²) in [4.78, 5) is 35.2. The van der Waals surface area contributed by atoms with Crippen molar-refractivity contribution in [1.82, 2.24) is 14.0 Å². The van der Waals surface area contributed by atoms with Gasteiger partial charge in [0.25, 0.3) is 11.5 Å². The van der Waals surface area contributed by atoms with Crippen molar-refractivity contribution < 1.29 is 4.79 Å². The molecule has 8 heteroatoms. The fraction of sp³-hybridized carbons (Fsp3) is 0.208. The zero-order valence-corrected chi connectivity index (χ0v) is 18.6. The summed E-state index contributed by atoms with van der Waals surface area (Å²) < 4.78 is 3.15. The van der Waals surface area contributed by atoms with Crippen LogP contribution < -0.4 is 11.0 Å². The Kier molecular flexibility index (Phi) is 5.64. The highest BCUT2D eigenvalue weighted by molar-refractivity contribution is 6.31. The summed E-state index contributed by atoms with van der Waals surface area (Å²) in [5.41, 5.74) is 2.05. The highest BCUT2D eigenvalue weighted by atomic mass is 35.5. The topological polar surface area (TPSA) is 92.5 Å². The van der Waals surface area contributed by atoms with Crippen molar-refractivity contribution >= 4 is 34.2 Å². The van der Waals surface area contributed by atoms with Crippen LogP contribution in [0.5, 0.6) is 0 Å². The summed E-state index contributed by atoms with van der Waals surface area (Å²) in [6.45, 7) is 6.29. The Morgan fingerprint density at radius 2 is 2.00 bits per heavy atom. The van der Waals surface area contributed by atoms with Gasteiger partial charge >= 0.3 is 0 Å². The second-order valence-electron chi connectivity index (χ2n) is 7.96. The molecule has 0 bridgehead atoms. The number of aromatic nitrogens is 3. The van der Waals surface area contributed by atoms with E-state index >= 15 is 0 Å². The van der Waals surface area contributed by atoms with Gasteiger partial charge in [0.1, 0.15) is 17.4 Å². The lowest BCUT2D eigenvalue weighted by Crippen LogP contribution is -2.31. The van der Waals surface area contributed by atoms with E-state index in [1.807, 2.05) is 26.8 Å². The number of nitriles is 1. The molecule has 0 fully saturated rings. The van der Waals surface area contributed by atoms with E-state index < -0.39 is 5.91 Å². The van der Waals surface area contributed by atoms with E-state index in [4.69, 9.17) is 16.6 Å². The highest BCUT2D eigenvalue weighted by Gasteiger charge is 2.17. The molecule has 4 aromatic rings. The molecule has 3 heterocycles. The Balaban J connectivity index is 2.13. The number of pyridine rings is 2. The Bertz CT molecular complexity index is 1560. The average molecular weight is 446 g/mol. The molecule has 0 saturated carbocycles. The molecular formula is C24H20ClN5O2. The third-order valence-corrected chi connectivity index (χ3v) is 5.29. The number of nitrogens with zero attached hydrogens (tertiary/aromatic N) is 5. The van der Waals surface area contributed by atoms with E-state index in [-0.39, 0.29) is 22.5 Å². The van der Waals surface area contributed by atoms with Crippen LogP contribution in [0.4, 0.5) is 0 Å². The normalized spacial score (nSPS) is 11.9. The molecule has 0 N–H and O–H groups in total. The van der Waals surface area contributed by atoms with Crippen molar-refractivity contribution in [1.29, 1.82) is 5.26 Å². The number of rotatable bonds is 3. The summed E-state index contributed by atoms with van der Waals surface area (Å²) >= 11 is 6.02. The number of hydrogen-bond acceptors (Lipinski definition) is 4. The second kappa shape index (κ2) is 8.40. The lowest BCUT2D eigenvalue weighted by atomic mass is 10.1. The van der Waals surface area contributed by atoms with Crippen LogP contribution in [-0.4, -0.2) is 19.9 Å². The summed E-state index contributed by atoms with van der Waals surface area (Å²) in [6.07, 6.45) is 1.65. The minimum atomic E-state index is -0.533. The number of aryl methyl sites for hydroxylation is 1. The summed E-state index contributed by atoms with van der Waals surface area (Å²) in [5, 5.41) is 10.5. The lowest BCUT2D eigenvalue weighted by molar-refractivity contribution is 0.0997. The molecule has 3 aromatic heterocycles. The molecule has 1 aromatic carbocycles. The number of halogens is 1. The number of amides is 1. The number of hydrogen-bond donors (Lipinski definition) is 0. The van der Waals surface area contributed by atoms with Crippen LogP contribution in [0.1, 0.15) is 35.3 Å². The van der Waals surface area contributed by atoms with Gasteiger partial charge in [-0.2, -0.15) is 10.3 Å². The number of carbonyl (C=O) groups is 1. The maximum atomic E-state index is 13.2. The zero-order chi connectivity index (χ0) is 23.0. The third kappa shape index (κ3) is 3.81. The van der Waals surface area contributed by atoms with Gasteiger partial charge in [0.15, 0.2) is 5.49 Å². The molecule has 0 aliphatic rings. The Morgan fingerprint density at radius 3 is 2.69 bits per heavy atom. The lowest BCUT2D eigenvalue weighted by Gasteiger charge is -2.15. The minimum Gasteiger partial charge on any atom is -0.309 e. The fourth-order valence-electron chi connectivity index (χ4n) is 3.61. The van der Waals surface area contributed by atoms with Gasteiger partial charge in [-0.05, 0) is 48.7 Å². The van der Waals surface area contributed by atoms with Crippen LogP contribution in [0.3, 0.4) is 0 Å². The van der Waals surface area contributed by atoms with E-state index in [0.717, 1.165) is 5.56 Å². The van der Waals surface area contributed by atoms with Gasteiger partial charge in [-0.25, -0.2) is 4.98 Å². The van der Waals surface area contributed by atoms with Crippen molar-refractivity contribution in [3.05, 3.63) is 86.2 Å². The first-order valence-corrected chi connectivity index (χ1v) is 10.5. The van der Waals surface area contributed by atoms with E-state index in [2.05, 4.69) is 11.1 Å². The summed E-state index contributed by atoms with van der Waals surface area (Å²) in [6, 6.07) is 13.7. The predicted molar refractivity (Wildman–Crippen MR) is 123 cm³/mol. The van der Waals surface area contributed by atoms with E-state index in [0.29, 0.717) is 33.8 Å². The van der Waals surface area contributed by atoms with Crippen LogP contribution in [0.2, 0.25) is 5.02 Å². The van der Waals surface area contributed by atoms with Gasteiger partial charge in [0.05, 0.1) is 10.9 Å². The van der Waals surface area contributed by atoms with Gasteiger partial charge in [-0.1, -0.05) is 37.6 Å². The quantitative estimate of drug-likeness (QED) is 0.447. The predicted octanol–water partition coefficient (Wildman–Crippen LogP) is 3.88. The zero-order valence-electron chi connectivity index (χ0n) is 17.8. The molecule has 0 radical (unpaired) electrons. The maximum absolute atomic E-state index is 13.2. The Labute approximate surface area is 188 Å². The molecular weight excluding hydrogens is 426 g/mol. The minimum absolute atomic E-state index is 0.125. The molecule has 0 saturated heterocycles. The van der Waals surface area contributed by atoms with E-state index in [9.17, 15) is 14.9 Å². The second-order valence-corrected chi connectivity index (χ2v) is 8.40. The van der Waals surface area contributed by atoms with Gasteiger partial charge in [-0.3, -0.25) is 14.0 Å². The Hall–Kier alpha value is -3.76. The van der Waals surface area contributed by atoms with Crippen LogP contribution in [0.25, 0.3) is 16.7 Å². The first-order chi connectivity index (χ1) is 15.3. The first kappa shape index (κ1) is 21.5. The van der Waals surface area contributed by atoms with Gasteiger partial charge in [0, 0.05) is 23.3 Å². The molecule has 160 valence electrons. The molecule has 4 rings (SSSR count). The third-order valence-electron chi connectivity index (χ3n) is 5.05.